The lowest BCUT2D eigenvalue weighted by Gasteiger charge is -2.14. The summed E-state index contributed by atoms with van der Waals surface area (Å²) in [6.45, 7) is 1.77. The third kappa shape index (κ3) is 3.14. The Hall–Kier alpha value is -2.21. The molecule has 1 N–H and O–H groups in total. The van der Waals surface area contributed by atoms with E-state index in [9.17, 15) is 13.2 Å². The molecule has 94 valence electrons. The Bertz CT molecular complexity index is 509. The zero-order valence-electron chi connectivity index (χ0n) is 9.54. The van der Waals surface area contributed by atoms with Crippen molar-refractivity contribution in [2.45, 2.75) is 25.6 Å². The molecule has 0 amide bonds. The predicted molar refractivity (Wildman–Crippen MR) is 60.5 cm³/mol. The van der Waals surface area contributed by atoms with Crippen molar-refractivity contribution in [3.8, 4) is 18.4 Å². The van der Waals surface area contributed by atoms with Gasteiger partial charge in [-0.2, -0.15) is 18.4 Å². The first-order chi connectivity index (χ1) is 8.42. The summed E-state index contributed by atoms with van der Waals surface area (Å²) in [5.41, 5.74) is -1.03. The third-order valence-corrected chi connectivity index (χ3v) is 2.23. The van der Waals surface area contributed by atoms with Gasteiger partial charge in [-0.05, 0) is 18.6 Å². The van der Waals surface area contributed by atoms with Gasteiger partial charge in [0.05, 0.1) is 11.6 Å². The molecule has 0 aliphatic heterocycles. The number of rotatable bonds is 3. The number of hydrogen-bond acceptors (Lipinski definition) is 3. The van der Waals surface area contributed by atoms with E-state index in [0.29, 0.717) is 6.42 Å². The monoisotopic (exact) mass is 253 g/mol. The van der Waals surface area contributed by atoms with E-state index in [-0.39, 0.29) is 11.4 Å². The van der Waals surface area contributed by atoms with Crippen LogP contribution in [0.25, 0.3) is 0 Å². The molecule has 1 heterocycles. The normalized spacial score (nSPS) is 12.3. The lowest BCUT2D eigenvalue weighted by Crippen LogP contribution is -2.19. The third-order valence-electron chi connectivity index (χ3n) is 2.23. The van der Waals surface area contributed by atoms with Gasteiger partial charge in [0.25, 0.3) is 0 Å². The van der Waals surface area contributed by atoms with Crippen molar-refractivity contribution >= 4 is 5.82 Å². The van der Waals surface area contributed by atoms with Crippen LogP contribution in [0, 0.1) is 23.7 Å². The van der Waals surface area contributed by atoms with Gasteiger partial charge in [0.1, 0.15) is 17.6 Å². The van der Waals surface area contributed by atoms with Crippen LogP contribution in [0.3, 0.4) is 0 Å². The molecule has 0 saturated heterocycles. The Kier molecular flexibility index (Phi) is 4.17. The van der Waals surface area contributed by atoms with Gasteiger partial charge in [-0.15, -0.1) is 6.42 Å². The smallest absolute Gasteiger partial charge is 0.355 e. The number of terminal acetylenes is 1. The molecular formula is C12H10F3N3. The fraction of sp³-hybridized carbons (Fsp3) is 0.333. The van der Waals surface area contributed by atoms with Crippen LogP contribution in [0.1, 0.15) is 24.6 Å². The predicted octanol–water partition coefficient (Wildman–Crippen LogP) is 2.80. The van der Waals surface area contributed by atoms with Gasteiger partial charge < -0.3 is 5.32 Å². The maximum atomic E-state index is 12.5. The molecule has 0 aliphatic rings. The summed E-state index contributed by atoms with van der Waals surface area (Å²) >= 11 is 0. The molecule has 0 spiro atoms. The molecule has 0 saturated carbocycles. The Labute approximate surface area is 103 Å². The Morgan fingerprint density at radius 3 is 2.61 bits per heavy atom. The van der Waals surface area contributed by atoms with Crippen LogP contribution >= 0.6 is 0 Å². The standard InChI is InChI=1S/C12H10F3N3/c1-3-9(4-2)17-11-8(7-16)5-6-10(18-11)12(13,14)15/h1,5-6,9H,4H2,2H3,(H,17,18). The number of pyridine rings is 1. The SMILES string of the molecule is C#CC(CC)Nc1nc(C(F)(F)F)ccc1C#N. The number of nitrogens with zero attached hydrogens (tertiary/aromatic N) is 2. The molecule has 1 unspecified atom stereocenters. The van der Waals surface area contributed by atoms with Crippen LogP contribution < -0.4 is 5.32 Å². The van der Waals surface area contributed by atoms with Crippen LogP contribution in [-0.2, 0) is 6.18 Å². The average molecular weight is 253 g/mol. The molecule has 0 radical (unpaired) electrons. The van der Waals surface area contributed by atoms with E-state index in [2.05, 4.69) is 16.2 Å². The van der Waals surface area contributed by atoms with Crippen LogP contribution in [0.4, 0.5) is 19.0 Å². The van der Waals surface area contributed by atoms with Crippen molar-refractivity contribution in [2.75, 3.05) is 5.32 Å². The molecule has 0 bridgehead atoms. The highest BCUT2D eigenvalue weighted by Gasteiger charge is 2.33. The summed E-state index contributed by atoms with van der Waals surface area (Å²) in [5, 5.41) is 11.4. The molecule has 1 atom stereocenters. The summed E-state index contributed by atoms with van der Waals surface area (Å²) < 4.78 is 37.5. The van der Waals surface area contributed by atoms with Crippen molar-refractivity contribution < 1.29 is 13.2 Å². The Morgan fingerprint density at radius 2 is 2.17 bits per heavy atom. The minimum atomic E-state index is -4.55. The van der Waals surface area contributed by atoms with Gasteiger partial charge in [-0.3, -0.25) is 0 Å². The lowest BCUT2D eigenvalue weighted by molar-refractivity contribution is -0.141. The molecule has 6 heteroatoms. The molecule has 0 aromatic carbocycles. The zero-order chi connectivity index (χ0) is 13.8. The molecule has 0 aliphatic carbocycles. The first kappa shape index (κ1) is 13.9. The van der Waals surface area contributed by atoms with E-state index in [0.717, 1.165) is 12.1 Å². The Morgan fingerprint density at radius 1 is 1.50 bits per heavy atom. The van der Waals surface area contributed by atoms with Gasteiger partial charge in [-0.25, -0.2) is 4.98 Å². The molecule has 18 heavy (non-hydrogen) atoms. The van der Waals surface area contributed by atoms with Gasteiger partial charge in [-0.1, -0.05) is 12.8 Å². The molecule has 1 rings (SSSR count). The second-order valence-electron chi connectivity index (χ2n) is 3.47. The number of hydrogen-bond donors (Lipinski definition) is 1. The van der Waals surface area contributed by atoms with Crippen LogP contribution in [0.15, 0.2) is 12.1 Å². The number of nitriles is 1. The molecule has 1 aromatic rings. The second-order valence-corrected chi connectivity index (χ2v) is 3.47. The summed E-state index contributed by atoms with van der Waals surface area (Å²) in [4.78, 5) is 3.40. The number of anilines is 1. The lowest BCUT2D eigenvalue weighted by atomic mass is 10.2. The highest BCUT2D eigenvalue weighted by molar-refractivity contribution is 5.53. The highest BCUT2D eigenvalue weighted by Crippen LogP contribution is 2.29. The molecule has 3 nitrogen and oxygen atoms in total. The first-order valence-electron chi connectivity index (χ1n) is 5.13. The minimum Gasteiger partial charge on any atom is -0.355 e. The van der Waals surface area contributed by atoms with Crippen LogP contribution in [0.5, 0.6) is 0 Å². The average Bonchev–Trinajstić information content (AvgIpc) is 2.34. The topological polar surface area (TPSA) is 48.7 Å². The van der Waals surface area contributed by atoms with E-state index in [1.54, 1.807) is 13.0 Å². The van der Waals surface area contributed by atoms with Crippen molar-refractivity contribution in [2.24, 2.45) is 0 Å². The fourth-order valence-electron chi connectivity index (χ4n) is 1.24. The zero-order valence-corrected chi connectivity index (χ0v) is 9.54. The van der Waals surface area contributed by atoms with E-state index in [1.807, 2.05) is 0 Å². The number of aromatic nitrogens is 1. The van der Waals surface area contributed by atoms with Crippen molar-refractivity contribution in [1.82, 2.24) is 4.98 Å². The molecule has 1 aromatic heterocycles. The maximum Gasteiger partial charge on any atom is 0.433 e. The number of halogens is 3. The molecule has 0 fully saturated rings. The van der Waals surface area contributed by atoms with Crippen LogP contribution in [-0.4, -0.2) is 11.0 Å². The van der Waals surface area contributed by atoms with Gasteiger partial charge in [0.15, 0.2) is 0 Å². The summed E-state index contributed by atoms with van der Waals surface area (Å²) in [5.74, 6) is 2.23. The van der Waals surface area contributed by atoms with E-state index in [4.69, 9.17) is 11.7 Å². The van der Waals surface area contributed by atoms with Crippen molar-refractivity contribution in [3.63, 3.8) is 0 Å². The summed E-state index contributed by atoms with van der Waals surface area (Å²) in [7, 11) is 0. The number of alkyl halides is 3. The van der Waals surface area contributed by atoms with Crippen LogP contribution in [0.2, 0.25) is 0 Å². The van der Waals surface area contributed by atoms with Gasteiger partial charge in [0, 0.05) is 0 Å². The van der Waals surface area contributed by atoms with Crippen molar-refractivity contribution in [3.05, 3.63) is 23.4 Å². The Balaban J connectivity index is 3.16. The van der Waals surface area contributed by atoms with E-state index >= 15 is 0 Å². The maximum absolute atomic E-state index is 12.5. The minimum absolute atomic E-state index is 0.0247. The quantitative estimate of drug-likeness (QED) is 0.842. The van der Waals surface area contributed by atoms with E-state index in [1.165, 1.54) is 0 Å². The van der Waals surface area contributed by atoms with E-state index < -0.39 is 17.9 Å². The molecular weight excluding hydrogens is 243 g/mol. The summed E-state index contributed by atoms with van der Waals surface area (Å²) in [6.07, 6.45) is 1.16. The second kappa shape index (κ2) is 5.42. The number of nitrogens with one attached hydrogen (secondary N) is 1. The summed E-state index contributed by atoms with van der Waals surface area (Å²) in [6, 6.07) is 3.14. The fourth-order valence-corrected chi connectivity index (χ4v) is 1.24. The highest BCUT2D eigenvalue weighted by atomic mass is 19.4. The van der Waals surface area contributed by atoms with Crippen molar-refractivity contribution in [1.29, 1.82) is 5.26 Å². The largest absolute Gasteiger partial charge is 0.433 e. The van der Waals surface area contributed by atoms with Gasteiger partial charge in [0.2, 0.25) is 0 Å². The first-order valence-corrected chi connectivity index (χ1v) is 5.13. The van der Waals surface area contributed by atoms with Gasteiger partial charge >= 0.3 is 6.18 Å².